The first-order valence-electron chi connectivity index (χ1n) is 9.25. The highest BCUT2D eigenvalue weighted by Gasteiger charge is 2.18. The maximum absolute atomic E-state index is 11.9. The van der Waals surface area contributed by atoms with Gasteiger partial charge in [-0.05, 0) is 55.3 Å². The third-order valence-corrected chi connectivity index (χ3v) is 7.27. The second kappa shape index (κ2) is 10.8. The highest BCUT2D eigenvalue weighted by Crippen LogP contribution is 2.45. The third-order valence-electron chi connectivity index (χ3n) is 3.87. The van der Waals surface area contributed by atoms with Crippen molar-refractivity contribution in [3.8, 4) is 11.5 Å². The van der Waals surface area contributed by atoms with Crippen molar-refractivity contribution in [2.24, 2.45) is 5.10 Å². The predicted molar refractivity (Wildman–Crippen MR) is 123 cm³/mol. The quantitative estimate of drug-likeness (QED) is 0.446. The number of hydrogen-bond acceptors (Lipinski definition) is 6. The molecule has 1 saturated heterocycles. The minimum Gasteiger partial charge on any atom is -0.489 e. The summed E-state index contributed by atoms with van der Waals surface area (Å²) in [6.07, 6.45) is 1.57. The Kier molecular flexibility index (Phi) is 8.15. The molecule has 29 heavy (non-hydrogen) atoms. The Morgan fingerprint density at radius 2 is 1.97 bits per heavy atom. The van der Waals surface area contributed by atoms with Crippen LogP contribution in [0.3, 0.4) is 0 Å². The zero-order chi connectivity index (χ0) is 20.6. The fourth-order valence-electron chi connectivity index (χ4n) is 2.58. The van der Waals surface area contributed by atoms with Gasteiger partial charge in [-0.3, -0.25) is 4.79 Å². The Bertz CT molecular complexity index is 854. The molecule has 8 heteroatoms. The molecule has 5 nitrogen and oxygen atoms in total. The maximum Gasteiger partial charge on any atom is 0.277 e. The first kappa shape index (κ1) is 21.9. The van der Waals surface area contributed by atoms with Gasteiger partial charge in [0.2, 0.25) is 0 Å². The van der Waals surface area contributed by atoms with Crippen LogP contribution in [0.2, 0.25) is 5.02 Å². The van der Waals surface area contributed by atoms with Crippen LogP contribution in [0, 0.1) is 0 Å². The average molecular weight is 451 g/mol. The van der Waals surface area contributed by atoms with Crippen LogP contribution in [0.25, 0.3) is 0 Å². The van der Waals surface area contributed by atoms with E-state index in [1.165, 1.54) is 23.3 Å². The van der Waals surface area contributed by atoms with Gasteiger partial charge in [0.25, 0.3) is 5.91 Å². The lowest BCUT2D eigenvalue weighted by molar-refractivity contribution is -0.123. The molecule has 1 aliphatic rings. The number of nitrogens with zero attached hydrogens (tertiary/aromatic N) is 1. The standard InChI is InChI=1S/C21H23ClN2O3S2/c1-14(2)27-19-8-3-15(11-18(19)22)12-23-24-20(25)13-26-17-6-4-16(5-7-17)21-28-9-10-29-21/h3-8,11-12,14,21H,9-10,13H2,1-2H3,(H,24,25)/b23-12-. The third kappa shape index (κ3) is 6.87. The number of thioether (sulfide) groups is 2. The smallest absolute Gasteiger partial charge is 0.277 e. The van der Waals surface area contributed by atoms with E-state index in [0.29, 0.717) is 21.1 Å². The Labute approximate surface area is 184 Å². The van der Waals surface area contributed by atoms with Crippen LogP contribution < -0.4 is 14.9 Å². The number of ether oxygens (including phenoxy) is 2. The summed E-state index contributed by atoms with van der Waals surface area (Å²) >= 11 is 10.1. The lowest BCUT2D eigenvalue weighted by atomic mass is 10.2. The molecular formula is C21H23ClN2O3S2. The summed E-state index contributed by atoms with van der Waals surface area (Å²) in [6.45, 7) is 3.77. The molecule has 1 amide bonds. The van der Waals surface area contributed by atoms with Gasteiger partial charge in [-0.1, -0.05) is 23.7 Å². The van der Waals surface area contributed by atoms with Gasteiger partial charge in [-0.2, -0.15) is 5.10 Å². The van der Waals surface area contributed by atoms with Gasteiger partial charge in [0.05, 0.1) is 21.9 Å². The number of carbonyl (C=O) groups is 1. The van der Waals surface area contributed by atoms with Gasteiger partial charge in [0.1, 0.15) is 11.5 Å². The van der Waals surface area contributed by atoms with E-state index in [2.05, 4.69) is 22.7 Å². The molecule has 0 aromatic heterocycles. The van der Waals surface area contributed by atoms with E-state index >= 15 is 0 Å². The number of halogens is 1. The lowest BCUT2D eigenvalue weighted by Gasteiger charge is -2.11. The molecule has 1 aliphatic heterocycles. The molecule has 0 spiro atoms. The van der Waals surface area contributed by atoms with Crippen molar-refractivity contribution < 1.29 is 14.3 Å². The van der Waals surface area contributed by atoms with E-state index in [-0.39, 0.29) is 18.6 Å². The van der Waals surface area contributed by atoms with Gasteiger partial charge in [-0.25, -0.2) is 5.43 Å². The Balaban J connectivity index is 1.44. The average Bonchev–Trinajstić information content (AvgIpc) is 3.23. The molecule has 0 saturated carbocycles. The highest BCUT2D eigenvalue weighted by atomic mass is 35.5. The van der Waals surface area contributed by atoms with Crippen LogP contribution in [0.1, 0.15) is 29.6 Å². The predicted octanol–water partition coefficient (Wildman–Crippen LogP) is 5.13. The Hall–Kier alpha value is -1.83. The number of rotatable bonds is 8. The van der Waals surface area contributed by atoms with Crippen LogP contribution >= 0.6 is 35.1 Å². The Morgan fingerprint density at radius 3 is 2.62 bits per heavy atom. The Morgan fingerprint density at radius 1 is 1.24 bits per heavy atom. The fraction of sp³-hybridized carbons (Fsp3) is 0.333. The molecule has 0 atom stereocenters. The first-order valence-corrected chi connectivity index (χ1v) is 11.7. The molecule has 2 aromatic rings. The number of amides is 1. The minimum absolute atomic E-state index is 0.0444. The van der Waals surface area contributed by atoms with Crippen LogP contribution in [-0.4, -0.2) is 36.3 Å². The molecule has 1 fully saturated rings. The summed E-state index contributed by atoms with van der Waals surface area (Å²) in [5.41, 5.74) is 4.48. The number of nitrogens with one attached hydrogen (secondary N) is 1. The lowest BCUT2D eigenvalue weighted by Crippen LogP contribution is -2.24. The van der Waals surface area contributed by atoms with Gasteiger partial charge in [0.15, 0.2) is 6.61 Å². The van der Waals surface area contributed by atoms with Crippen molar-refractivity contribution in [1.29, 1.82) is 0 Å². The number of hydrazone groups is 1. The molecule has 154 valence electrons. The van der Waals surface area contributed by atoms with Crippen molar-refractivity contribution in [2.75, 3.05) is 18.1 Å². The normalized spacial score (nSPS) is 14.5. The van der Waals surface area contributed by atoms with E-state index in [0.717, 1.165) is 5.56 Å². The summed E-state index contributed by atoms with van der Waals surface area (Å²) < 4.78 is 11.6. The minimum atomic E-state index is -0.335. The van der Waals surface area contributed by atoms with E-state index in [1.54, 1.807) is 12.1 Å². The molecule has 0 aliphatic carbocycles. The zero-order valence-electron chi connectivity index (χ0n) is 16.3. The SMILES string of the molecule is CC(C)Oc1ccc(/C=N\NC(=O)COc2ccc(C3SCCS3)cc2)cc1Cl. The molecule has 2 aromatic carbocycles. The topological polar surface area (TPSA) is 59.9 Å². The van der Waals surface area contributed by atoms with Gasteiger partial charge in [0, 0.05) is 11.5 Å². The second-order valence-electron chi connectivity index (χ2n) is 6.58. The van der Waals surface area contributed by atoms with Crippen LogP contribution in [0.4, 0.5) is 0 Å². The van der Waals surface area contributed by atoms with Crippen molar-refractivity contribution >= 4 is 47.2 Å². The number of benzene rings is 2. The molecule has 1 N–H and O–H groups in total. The molecular weight excluding hydrogens is 428 g/mol. The summed E-state index contributed by atoms with van der Waals surface area (Å²) in [6, 6.07) is 13.2. The molecule has 3 rings (SSSR count). The molecule has 1 heterocycles. The van der Waals surface area contributed by atoms with Crippen LogP contribution in [-0.2, 0) is 4.79 Å². The van der Waals surface area contributed by atoms with Crippen molar-refractivity contribution in [3.05, 3.63) is 58.6 Å². The van der Waals surface area contributed by atoms with E-state index in [4.69, 9.17) is 21.1 Å². The second-order valence-corrected chi connectivity index (χ2v) is 9.71. The summed E-state index contributed by atoms with van der Waals surface area (Å²) in [5.74, 6) is 3.33. The molecule has 0 radical (unpaired) electrons. The summed E-state index contributed by atoms with van der Waals surface area (Å²) in [4.78, 5) is 11.9. The van der Waals surface area contributed by atoms with Crippen molar-refractivity contribution in [2.45, 2.75) is 24.5 Å². The van der Waals surface area contributed by atoms with E-state index in [9.17, 15) is 4.79 Å². The highest BCUT2D eigenvalue weighted by molar-refractivity contribution is 8.19. The zero-order valence-corrected chi connectivity index (χ0v) is 18.7. The van der Waals surface area contributed by atoms with Gasteiger partial charge < -0.3 is 9.47 Å². The summed E-state index contributed by atoms with van der Waals surface area (Å²) in [5, 5.41) is 4.44. The van der Waals surface area contributed by atoms with Crippen molar-refractivity contribution in [3.63, 3.8) is 0 Å². The first-order chi connectivity index (χ1) is 14.0. The van der Waals surface area contributed by atoms with Crippen LogP contribution in [0.15, 0.2) is 47.6 Å². The monoisotopic (exact) mass is 450 g/mol. The largest absolute Gasteiger partial charge is 0.489 e. The summed E-state index contributed by atoms with van der Waals surface area (Å²) in [7, 11) is 0. The van der Waals surface area contributed by atoms with E-state index < -0.39 is 0 Å². The molecule has 0 bridgehead atoms. The number of carbonyl (C=O) groups excluding carboxylic acids is 1. The maximum atomic E-state index is 11.9. The fourth-order valence-corrected chi connectivity index (χ4v) is 5.67. The van der Waals surface area contributed by atoms with E-state index in [1.807, 2.05) is 55.6 Å². The van der Waals surface area contributed by atoms with Crippen LogP contribution in [0.5, 0.6) is 11.5 Å². The number of hydrogen-bond donors (Lipinski definition) is 1. The van der Waals surface area contributed by atoms with Gasteiger partial charge in [-0.15, -0.1) is 23.5 Å². The van der Waals surface area contributed by atoms with Crippen molar-refractivity contribution in [1.82, 2.24) is 5.43 Å². The molecule has 0 unspecified atom stereocenters. The van der Waals surface area contributed by atoms with Gasteiger partial charge >= 0.3 is 0 Å².